The first kappa shape index (κ1) is 31.3. The Kier molecular flexibility index (Phi) is 10.2. The van der Waals surface area contributed by atoms with Gasteiger partial charge in [0.15, 0.2) is 5.76 Å². The predicted molar refractivity (Wildman–Crippen MR) is 162 cm³/mol. The molecule has 1 heterocycles. The van der Waals surface area contributed by atoms with E-state index in [0.717, 1.165) is 5.56 Å². The van der Waals surface area contributed by atoms with E-state index < -0.39 is 31.2 Å². The Morgan fingerprint density at radius 3 is 2.28 bits per heavy atom. The van der Waals surface area contributed by atoms with Crippen molar-refractivity contribution in [1.82, 2.24) is 5.32 Å². The van der Waals surface area contributed by atoms with Gasteiger partial charge in [-0.2, -0.15) is 5.26 Å². The number of amides is 2. The van der Waals surface area contributed by atoms with Gasteiger partial charge in [0.25, 0.3) is 7.37 Å². The fraction of sp³-hybridized carbons (Fsp3) is 0.161. The molecule has 0 bridgehead atoms. The lowest BCUT2D eigenvalue weighted by atomic mass is 10.1. The van der Waals surface area contributed by atoms with Crippen LogP contribution in [0.1, 0.15) is 25.0 Å². The van der Waals surface area contributed by atoms with Crippen LogP contribution in [-0.4, -0.2) is 24.6 Å². The fourth-order valence-corrected chi connectivity index (χ4v) is 6.89. The predicted octanol–water partition coefficient (Wildman–Crippen LogP) is 6.21. The highest BCUT2D eigenvalue weighted by atomic mass is 32.1. The van der Waals surface area contributed by atoms with E-state index in [-0.39, 0.29) is 51.1 Å². The molecular weight excluding hydrogens is 592 g/mol. The van der Waals surface area contributed by atoms with Crippen molar-refractivity contribution in [2.75, 3.05) is 11.9 Å². The van der Waals surface area contributed by atoms with E-state index in [9.17, 15) is 23.8 Å². The van der Waals surface area contributed by atoms with Gasteiger partial charge in [-0.15, -0.1) is 0 Å². The molecule has 0 aliphatic heterocycles. The van der Waals surface area contributed by atoms with Crippen LogP contribution in [0.3, 0.4) is 0 Å². The van der Waals surface area contributed by atoms with Crippen molar-refractivity contribution >= 4 is 48.1 Å². The second kappa shape index (κ2) is 14.0. The van der Waals surface area contributed by atoms with Crippen molar-refractivity contribution in [3.8, 4) is 17.4 Å². The van der Waals surface area contributed by atoms with E-state index in [1.807, 2.05) is 12.1 Å². The van der Waals surface area contributed by atoms with Crippen LogP contribution in [0.15, 0.2) is 89.3 Å². The molecule has 0 fully saturated rings. The van der Waals surface area contributed by atoms with E-state index >= 15 is 0 Å². The number of halogens is 1. The van der Waals surface area contributed by atoms with E-state index in [1.54, 1.807) is 61.5 Å². The maximum absolute atomic E-state index is 14.6. The van der Waals surface area contributed by atoms with Crippen LogP contribution < -0.4 is 21.2 Å². The molecular formula is C31H27FN3O6PS. The molecule has 0 saturated heterocycles. The maximum atomic E-state index is 14.6. The molecule has 12 heteroatoms. The molecule has 0 saturated carbocycles. The molecule has 2 amide bonds. The van der Waals surface area contributed by atoms with E-state index in [1.165, 1.54) is 31.2 Å². The van der Waals surface area contributed by atoms with Gasteiger partial charge >= 0.3 is 6.09 Å². The summed E-state index contributed by atoms with van der Waals surface area (Å²) in [7, 11) is -4.05. The van der Waals surface area contributed by atoms with E-state index in [2.05, 4.69) is 10.6 Å². The van der Waals surface area contributed by atoms with Crippen molar-refractivity contribution in [1.29, 1.82) is 5.26 Å². The van der Waals surface area contributed by atoms with Crippen molar-refractivity contribution in [3.05, 3.63) is 106 Å². The molecule has 4 rings (SSSR count). The number of rotatable bonds is 10. The normalized spacial score (nSPS) is 12.8. The van der Waals surface area contributed by atoms with Gasteiger partial charge in [-0.05, 0) is 55.8 Å². The summed E-state index contributed by atoms with van der Waals surface area (Å²) in [4.78, 5) is 25.7. The first-order chi connectivity index (χ1) is 20.7. The number of ether oxygens (including phenoxy) is 1. The third-order valence-electron chi connectivity index (χ3n) is 6.19. The summed E-state index contributed by atoms with van der Waals surface area (Å²) < 4.78 is 45.2. The van der Waals surface area contributed by atoms with Gasteiger partial charge in [-0.25, -0.2) is 9.18 Å². The van der Waals surface area contributed by atoms with Gasteiger partial charge in [-0.1, -0.05) is 60.7 Å². The zero-order valence-corrected chi connectivity index (χ0v) is 24.9. The second-order valence-electron chi connectivity index (χ2n) is 9.15. The van der Waals surface area contributed by atoms with Crippen LogP contribution in [0.5, 0.6) is 0 Å². The SMILES string of the molecule is CCOP(=O)(c1ccccc1)c1c(NC(=O)[C@H](C)NC(=O)OCc2ccccc2)oc(-c2ccc(F)cc2)c(C#N)c1=S. The molecule has 0 aliphatic carbocycles. The van der Waals surface area contributed by atoms with Crippen molar-refractivity contribution in [2.45, 2.75) is 26.5 Å². The van der Waals surface area contributed by atoms with Crippen molar-refractivity contribution in [3.63, 3.8) is 0 Å². The van der Waals surface area contributed by atoms with Gasteiger partial charge in [0.2, 0.25) is 11.8 Å². The molecule has 0 aliphatic rings. The Hall–Kier alpha value is -4.62. The Labute approximate surface area is 252 Å². The average molecular weight is 620 g/mol. The minimum Gasteiger partial charge on any atom is -0.445 e. The zero-order valence-electron chi connectivity index (χ0n) is 23.2. The summed E-state index contributed by atoms with van der Waals surface area (Å²) in [6.45, 7) is 3.04. The molecule has 220 valence electrons. The molecule has 1 aromatic heterocycles. The first-order valence-electron chi connectivity index (χ1n) is 13.1. The molecule has 0 spiro atoms. The average Bonchev–Trinajstić information content (AvgIpc) is 3.01. The number of nitrogens with zero attached hydrogens (tertiary/aromatic N) is 1. The molecule has 43 heavy (non-hydrogen) atoms. The van der Waals surface area contributed by atoms with Gasteiger partial charge in [0.1, 0.15) is 35.4 Å². The number of nitriles is 1. The number of hydrogen-bond acceptors (Lipinski definition) is 8. The molecule has 2 N–H and O–H groups in total. The third kappa shape index (κ3) is 7.24. The molecule has 1 unspecified atom stereocenters. The van der Waals surface area contributed by atoms with Crippen LogP contribution in [-0.2, 0) is 25.2 Å². The molecule has 0 radical (unpaired) electrons. The van der Waals surface area contributed by atoms with Crippen LogP contribution in [0.4, 0.5) is 15.1 Å². The highest BCUT2D eigenvalue weighted by Crippen LogP contribution is 2.48. The maximum Gasteiger partial charge on any atom is 0.408 e. The number of alkyl carbamates (subject to hydrolysis) is 1. The summed E-state index contributed by atoms with van der Waals surface area (Å²) in [6.07, 6.45) is -0.844. The summed E-state index contributed by atoms with van der Waals surface area (Å²) in [6, 6.07) is 23.1. The summed E-state index contributed by atoms with van der Waals surface area (Å²) in [5, 5.41) is 15.1. The van der Waals surface area contributed by atoms with Crippen molar-refractivity contribution in [2.24, 2.45) is 0 Å². The number of carbonyl (C=O) groups is 2. The van der Waals surface area contributed by atoms with Crippen LogP contribution in [0.2, 0.25) is 0 Å². The number of nitrogens with one attached hydrogen (secondary N) is 2. The zero-order chi connectivity index (χ0) is 31.0. The molecule has 4 aromatic rings. The third-order valence-corrected chi connectivity index (χ3v) is 9.36. The molecule has 3 aromatic carbocycles. The van der Waals surface area contributed by atoms with Gasteiger partial charge in [0, 0.05) is 10.9 Å². The second-order valence-corrected chi connectivity index (χ2v) is 11.9. The van der Waals surface area contributed by atoms with Crippen LogP contribution in [0, 0.1) is 21.7 Å². The number of carbonyl (C=O) groups excluding carboxylic acids is 2. The minimum atomic E-state index is -4.05. The number of hydrogen-bond donors (Lipinski definition) is 2. The lowest BCUT2D eigenvalue weighted by Gasteiger charge is -2.23. The van der Waals surface area contributed by atoms with Crippen LogP contribution in [0.25, 0.3) is 11.3 Å². The minimum absolute atomic E-state index is 0.00114. The number of anilines is 1. The number of benzene rings is 3. The first-order valence-corrected chi connectivity index (χ1v) is 15.2. The topological polar surface area (TPSA) is 131 Å². The Morgan fingerprint density at radius 1 is 1.05 bits per heavy atom. The Balaban J connectivity index is 1.76. The van der Waals surface area contributed by atoms with E-state index in [0.29, 0.717) is 0 Å². The summed E-state index contributed by atoms with van der Waals surface area (Å²) in [5.41, 5.74) is 0.892. The van der Waals surface area contributed by atoms with Crippen molar-refractivity contribution < 1.29 is 32.2 Å². The largest absolute Gasteiger partial charge is 0.445 e. The highest BCUT2D eigenvalue weighted by molar-refractivity contribution is 7.77. The summed E-state index contributed by atoms with van der Waals surface area (Å²) in [5.74, 6) is -1.71. The summed E-state index contributed by atoms with van der Waals surface area (Å²) >= 11 is 5.67. The van der Waals surface area contributed by atoms with Gasteiger partial charge in [0.05, 0.1) is 11.1 Å². The monoisotopic (exact) mass is 619 g/mol. The Bertz CT molecular complexity index is 1760. The standard InChI is InChI=1S/C31H27FN3O6PS/c1-3-40-42(38,24-12-8-5-9-13-24)27-28(43)25(18-33)26(22-14-16-23(32)17-15-22)41-30(27)35-29(36)20(2)34-31(37)39-19-21-10-6-4-7-11-21/h4-17,20H,3,19H2,1-2H3,(H,34,37)(H,35,36)/t20-,42?/m0/s1. The van der Waals surface area contributed by atoms with Gasteiger partial charge in [-0.3, -0.25) is 14.7 Å². The highest BCUT2D eigenvalue weighted by Gasteiger charge is 2.37. The molecule has 2 atom stereocenters. The quantitative estimate of drug-likeness (QED) is 0.158. The van der Waals surface area contributed by atoms with Crippen LogP contribution >= 0.6 is 19.6 Å². The Morgan fingerprint density at radius 2 is 1.67 bits per heavy atom. The lowest BCUT2D eigenvalue weighted by Crippen LogP contribution is -2.42. The molecule has 9 nitrogen and oxygen atoms in total. The van der Waals surface area contributed by atoms with E-state index in [4.69, 9.17) is 25.9 Å². The van der Waals surface area contributed by atoms with Gasteiger partial charge < -0.3 is 19.0 Å². The smallest absolute Gasteiger partial charge is 0.408 e. The lowest BCUT2D eigenvalue weighted by molar-refractivity contribution is -0.117. The fourth-order valence-electron chi connectivity index (χ4n) is 4.09.